The van der Waals surface area contributed by atoms with E-state index in [9.17, 15) is 0 Å². The van der Waals surface area contributed by atoms with Crippen LogP contribution in [0.5, 0.6) is 0 Å². The molecule has 0 amide bonds. The normalized spacial score (nSPS) is 15.1. The fourth-order valence-electron chi connectivity index (χ4n) is 3.82. The summed E-state index contributed by atoms with van der Waals surface area (Å²) in [4.78, 5) is 0. The van der Waals surface area contributed by atoms with E-state index in [1.807, 2.05) is 6.66 Å². The summed E-state index contributed by atoms with van der Waals surface area (Å²) in [5.41, 5.74) is 5.01. The Bertz CT molecular complexity index is 1030. The van der Waals surface area contributed by atoms with E-state index in [4.69, 9.17) is 9.05 Å². The van der Waals surface area contributed by atoms with E-state index in [0.717, 1.165) is 0 Å². The van der Waals surface area contributed by atoms with Crippen LogP contribution in [0, 0.1) is 0 Å². The predicted octanol–water partition coefficient (Wildman–Crippen LogP) is 6.65. The quantitative estimate of drug-likeness (QED) is 0.328. The molecule has 0 fully saturated rings. The van der Waals surface area contributed by atoms with Gasteiger partial charge in [-0.05, 0) is 43.8 Å². The van der Waals surface area contributed by atoms with Crippen molar-refractivity contribution < 1.29 is 9.05 Å². The largest absolute Gasteiger partial charge is 0.329 e. The van der Waals surface area contributed by atoms with Crippen LogP contribution in [0.15, 0.2) is 72.8 Å². The van der Waals surface area contributed by atoms with Gasteiger partial charge in [0.2, 0.25) is 0 Å². The van der Waals surface area contributed by atoms with E-state index in [1.165, 1.54) is 43.8 Å². The zero-order valence-corrected chi connectivity index (χ0v) is 15.5. The minimum absolute atomic E-state index is 0.574. The van der Waals surface area contributed by atoms with E-state index in [2.05, 4.69) is 72.8 Å². The van der Waals surface area contributed by atoms with Gasteiger partial charge in [0.05, 0.1) is 13.2 Å². The Balaban J connectivity index is 1.94. The van der Waals surface area contributed by atoms with E-state index in [-0.39, 0.29) is 0 Å². The molecular weight excluding hydrogens is 339 g/mol. The average Bonchev–Trinajstić information content (AvgIpc) is 2.76. The summed E-state index contributed by atoms with van der Waals surface area (Å²) in [5, 5.41) is 5.05. The van der Waals surface area contributed by atoms with Crippen LogP contribution in [-0.2, 0) is 22.3 Å². The highest BCUT2D eigenvalue weighted by Crippen LogP contribution is 2.45. The van der Waals surface area contributed by atoms with Crippen molar-refractivity contribution in [2.75, 3.05) is 6.66 Å². The highest BCUT2D eigenvalue weighted by Gasteiger charge is 2.20. The molecule has 3 heteroatoms. The fourth-order valence-corrected chi connectivity index (χ4v) is 4.54. The zero-order valence-electron chi connectivity index (χ0n) is 14.6. The molecule has 0 N–H and O–H groups in total. The van der Waals surface area contributed by atoms with Crippen molar-refractivity contribution in [3.63, 3.8) is 0 Å². The Morgan fingerprint density at radius 2 is 1.08 bits per heavy atom. The Morgan fingerprint density at radius 3 is 1.58 bits per heavy atom. The van der Waals surface area contributed by atoms with E-state index in [0.29, 0.717) is 13.2 Å². The average molecular weight is 358 g/mol. The van der Waals surface area contributed by atoms with Crippen LogP contribution in [0.4, 0.5) is 0 Å². The van der Waals surface area contributed by atoms with Crippen molar-refractivity contribution in [3.05, 3.63) is 83.9 Å². The van der Waals surface area contributed by atoms with Gasteiger partial charge < -0.3 is 9.05 Å². The number of hydrogen-bond acceptors (Lipinski definition) is 2. The summed E-state index contributed by atoms with van der Waals surface area (Å²) < 4.78 is 12.0. The van der Waals surface area contributed by atoms with Crippen molar-refractivity contribution in [3.8, 4) is 11.1 Å². The molecule has 0 aromatic heterocycles. The highest BCUT2D eigenvalue weighted by atomic mass is 31.2. The van der Waals surface area contributed by atoms with Crippen molar-refractivity contribution in [1.82, 2.24) is 0 Å². The smallest absolute Gasteiger partial charge is 0.167 e. The summed E-state index contributed by atoms with van der Waals surface area (Å²) in [6.07, 6.45) is 0. The van der Waals surface area contributed by atoms with Crippen LogP contribution in [0.3, 0.4) is 0 Å². The van der Waals surface area contributed by atoms with Crippen molar-refractivity contribution in [1.29, 1.82) is 0 Å². The third-order valence-corrected chi connectivity index (χ3v) is 6.07. The molecule has 0 unspecified atom stereocenters. The van der Waals surface area contributed by atoms with Crippen LogP contribution in [-0.4, -0.2) is 6.66 Å². The van der Waals surface area contributed by atoms with Gasteiger partial charge in [0.15, 0.2) is 8.38 Å². The first-order chi connectivity index (χ1) is 12.8. The monoisotopic (exact) mass is 358 g/mol. The first kappa shape index (κ1) is 16.0. The molecule has 4 aromatic carbocycles. The molecule has 0 saturated carbocycles. The second-order valence-electron chi connectivity index (χ2n) is 6.63. The van der Waals surface area contributed by atoms with E-state index >= 15 is 0 Å². The second-order valence-corrected chi connectivity index (χ2v) is 8.02. The predicted molar refractivity (Wildman–Crippen MR) is 109 cm³/mol. The molecule has 0 atom stereocenters. The van der Waals surface area contributed by atoms with Gasteiger partial charge in [-0.15, -0.1) is 0 Å². The lowest BCUT2D eigenvalue weighted by atomic mass is 9.87. The lowest BCUT2D eigenvalue weighted by Crippen LogP contribution is -1.96. The second kappa shape index (κ2) is 6.48. The van der Waals surface area contributed by atoms with Gasteiger partial charge in [0, 0.05) is 6.66 Å². The van der Waals surface area contributed by atoms with Crippen molar-refractivity contribution in [2.45, 2.75) is 13.2 Å². The Kier molecular flexibility index (Phi) is 3.98. The lowest BCUT2D eigenvalue weighted by molar-refractivity contribution is 0.241. The first-order valence-corrected chi connectivity index (χ1v) is 10.4. The molecule has 26 heavy (non-hydrogen) atoms. The summed E-state index contributed by atoms with van der Waals surface area (Å²) in [5.74, 6) is 0. The molecule has 2 nitrogen and oxygen atoms in total. The maximum atomic E-state index is 6.02. The highest BCUT2D eigenvalue weighted by molar-refractivity contribution is 7.46. The molecule has 0 radical (unpaired) electrons. The molecule has 1 aliphatic rings. The van der Waals surface area contributed by atoms with Crippen LogP contribution >= 0.6 is 8.38 Å². The maximum absolute atomic E-state index is 6.02. The summed E-state index contributed by atoms with van der Waals surface area (Å²) in [7, 11) is -0.888. The maximum Gasteiger partial charge on any atom is 0.167 e. The summed E-state index contributed by atoms with van der Waals surface area (Å²) in [6.45, 7) is 3.18. The molecule has 0 saturated heterocycles. The van der Waals surface area contributed by atoms with Crippen LogP contribution in [0.25, 0.3) is 32.7 Å². The zero-order chi connectivity index (χ0) is 17.5. The van der Waals surface area contributed by atoms with Gasteiger partial charge in [-0.3, -0.25) is 0 Å². The molecule has 1 aliphatic heterocycles. The topological polar surface area (TPSA) is 18.5 Å². The lowest BCUT2D eigenvalue weighted by Gasteiger charge is -2.17. The van der Waals surface area contributed by atoms with Crippen molar-refractivity contribution in [2.24, 2.45) is 0 Å². The molecule has 0 spiro atoms. The number of hydrogen-bond donors (Lipinski definition) is 0. The third kappa shape index (κ3) is 2.62. The standard InChI is InChI=1S/C23H19O2P/c1-26-24-14-18-12-10-16-6-2-4-8-20(16)22(18)23-19(15-25-26)13-11-17-7-3-5-9-21(17)23/h2-13H,14-15H2,1H3. The van der Waals surface area contributed by atoms with Crippen LogP contribution in [0.1, 0.15) is 11.1 Å². The van der Waals surface area contributed by atoms with E-state index in [1.54, 1.807) is 0 Å². The molecular formula is C23H19O2P. The SMILES string of the molecule is CP1OCc2ccc3ccccc3c2-c2c(ccc3ccccc23)CO1. The van der Waals surface area contributed by atoms with Gasteiger partial charge in [-0.2, -0.15) is 0 Å². The van der Waals surface area contributed by atoms with E-state index < -0.39 is 8.38 Å². The Morgan fingerprint density at radius 1 is 0.615 bits per heavy atom. The molecule has 128 valence electrons. The fraction of sp³-hybridized carbons (Fsp3) is 0.130. The van der Waals surface area contributed by atoms with Crippen LogP contribution < -0.4 is 0 Å². The van der Waals surface area contributed by atoms with Crippen molar-refractivity contribution >= 4 is 29.9 Å². The van der Waals surface area contributed by atoms with Gasteiger partial charge >= 0.3 is 0 Å². The molecule has 0 aliphatic carbocycles. The third-order valence-electron chi connectivity index (χ3n) is 5.08. The Labute approximate surface area is 154 Å². The summed E-state index contributed by atoms with van der Waals surface area (Å²) in [6, 6.07) is 26.0. The minimum atomic E-state index is -0.888. The van der Waals surface area contributed by atoms with Crippen LogP contribution in [0.2, 0.25) is 0 Å². The van der Waals surface area contributed by atoms with Gasteiger partial charge in [0.1, 0.15) is 0 Å². The summed E-state index contributed by atoms with van der Waals surface area (Å²) >= 11 is 0. The molecule has 0 bridgehead atoms. The molecule has 5 rings (SSSR count). The number of rotatable bonds is 0. The number of benzene rings is 4. The number of fused-ring (bicyclic) bond motifs is 7. The van der Waals surface area contributed by atoms with Gasteiger partial charge in [-0.1, -0.05) is 72.8 Å². The van der Waals surface area contributed by atoms with Gasteiger partial charge in [-0.25, -0.2) is 0 Å². The van der Waals surface area contributed by atoms with Gasteiger partial charge in [0.25, 0.3) is 0 Å². The molecule has 4 aromatic rings. The first-order valence-electron chi connectivity index (χ1n) is 8.82. The Hall–Kier alpha value is -2.25. The molecule has 1 heterocycles. The minimum Gasteiger partial charge on any atom is -0.329 e.